The molecule has 80 valence electrons. The highest BCUT2D eigenvalue weighted by Crippen LogP contribution is 2.28. The molecule has 0 aliphatic heterocycles. The standard InChI is InChI=1S/C11H10N4S/c1-8-3-4-9(6-12)10(5-8)16-11-13-7-14-15(11)2/h3-5,7H,1-2H3. The van der Waals surface area contributed by atoms with Crippen molar-refractivity contribution in [3.05, 3.63) is 35.7 Å². The van der Waals surface area contributed by atoms with Crippen molar-refractivity contribution in [2.24, 2.45) is 7.05 Å². The van der Waals surface area contributed by atoms with Gasteiger partial charge in [0.05, 0.1) is 5.56 Å². The lowest BCUT2D eigenvalue weighted by Crippen LogP contribution is -1.93. The molecule has 0 bridgehead atoms. The number of nitrogens with zero attached hydrogens (tertiary/aromatic N) is 4. The molecule has 1 aromatic heterocycles. The summed E-state index contributed by atoms with van der Waals surface area (Å²) in [6, 6.07) is 7.92. The summed E-state index contributed by atoms with van der Waals surface area (Å²) in [7, 11) is 1.83. The van der Waals surface area contributed by atoms with E-state index >= 15 is 0 Å². The minimum absolute atomic E-state index is 0.665. The van der Waals surface area contributed by atoms with Crippen molar-refractivity contribution >= 4 is 11.8 Å². The predicted octanol–water partition coefficient (Wildman–Crippen LogP) is 2.15. The highest BCUT2D eigenvalue weighted by molar-refractivity contribution is 7.99. The van der Waals surface area contributed by atoms with E-state index in [0.717, 1.165) is 15.6 Å². The third kappa shape index (κ3) is 2.07. The molecule has 2 rings (SSSR count). The van der Waals surface area contributed by atoms with E-state index in [-0.39, 0.29) is 0 Å². The molecular formula is C11H10N4S. The van der Waals surface area contributed by atoms with Crippen LogP contribution in [0.3, 0.4) is 0 Å². The molecule has 0 N–H and O–H groups in total. The first-order valence-corrected chi connectivity index (χ1v) is 5.55. The van der Waals surface area contributed by atoms with Gasteiger partial charge in [-0.25, -0.2) is 9.67 Å². The Kier molecular flexibility index (Phi) is 2.93. The number of benzene rings is 1. The Balaban J connectivity index is 2.38. The highest BCUT2D eigenvalue weighted by atomic mass is 32.2. The van der Waals surface area contributed by atoms with E-state index in [4.69, 9.17) is 5.26 Å². The summed E-state index contributed by atoms with van der Waals surface area (Å²) in [5.41, 5.74) is 1.79. The second-order valence-electron chi connectivity index (χ2n) is 3.38. The van der Waals surface area contributed by atoms with Crippen molar-refractivity contribution in [3.63, 3.8) is 0 Å². The van der Waals surface area contributed by atoms with Gasteiger partial charge in [-0.2, -0.15) is 10.4 Å². The zero-order valence-corrected chi connectivity index (χ0v) is 9.82. The highest BCUT2D eigenvalue weighted by Gasteiger charge is 2.08. The molecule has 16 heavy (non-hydrogen) atoms. The molecule has 0 saturated carbocycles. The normalized spacial score (nSPS) is 10.1. The first-order valence-electron chi connectivity index (χ1n) is 4.73. The van der Waals surface area contributed by atoms with Crippen LogP contribution in [0, 0.1) is 18.3 Å². The summed E-state index contributed by atoms with van der Waals surface area (Å²) in [4.78, 5) is 5.04. The summed E-state index contributed by atoms with van der Waals surface area (Å²) in [5.74, 6) is 0. The van der Waals surface area contributed by atoms with Gasteiger partial charge in [-0.15, -0.1) is 0 Å². The van der Waals surface area contributed by atoms with Gasteiger partial charge in [0, 0.05) is 11.9 Å². The van der Waals surface area contributed by atoms with Crippen LogP contribution in [0.4, 0.5) is 0 Å². The van der Waals surface area contributed by atoms with E-state index in [2.05, 4.69) is 16.2 Å². The maximum atomic E-state index is 9.00. The molecule has 0 unspecified atom stereocenters. The summed E-state index contributed by atoms with van der Waals surface area (Å²) in [6.45, 7) is 2.00. The van der Waals surface area contributed by atoms with Crippen molar-refractivity contribution in [3.8, 4) is 6.07 Å². The lowest BCUT2D eigenvalue weighted by Gasteiger charge is -2.03. The molecule has 0 spiro atoms. The fraction of sp³-hybridized carbons (Fsp3) is 0.182. The molecule has 0 fully saturated rings. The Morgan fingerprint density at radius 2 is 2.25 bits per heavy atom. The molecule has 0 amide bonds. The maximum Gasteiger partial charge on any atom is 0.190 e. The molecule has 0 aliphatic rings. The van der Waals surface area contributed by atoms with E-state index in [1.54, 1.807) is 4.68 Å². The average molecular weight is 230 g/mol. The van der Waals surface area contributed by atoms with E-state index < -0.39 is 0 Å². The Morgan fingerprint density at radius 3 is 2.88 bits per heavy atom. The van der Waals surface area contributed by atoms with Crippen LogP contribution in [-0.2, 0) is 7.05 Å². The summed E-state index contributed by atoms with van der Waals surface area (Å²) >= 11 is 1.45. The van der Waals surface area contributed by atoms with Gasteiger partial charge in [-0.05, 0) is 36.4 Å². The topological polar surface area (TPSA) is 54.5 Å². The molecular weight excluding hydrogens is 220 g/mol. The molecule has 0 saturated heterocycles. The first kappa shape index (κ1) is 10.7. The van der Waals surface area contributed by atoms with Crippen LogP contribution < -0.4 is 0 Å². The average Bonchev–Trinajstić information content (AvgIpc) is 2.65. The Hall–Kier alpha value is -1.80. The van der Waals surface area contributed by atoms with E-state index in [1.807, 2.05) is 32.2 Å². The molecule has 0 radical (unpaired) electrons. The second-order valence-corrected chi connectivity index (χ2v) is 4.39. The number of hydrogen-bond acceptors (Lipinski definition) is 4. The number of aromatic nitrogens is 3. The summed E-state index contributed by atoms with van der Waals surface area (Å²) < 4.78 is 1.69. The van der Waals surface area contributed by atoms with E-state index in [9.17, 15) is 0 Å². The third-order valence-electron chi connectivity index (χ3n) is 2.13. The smallest absolute Gasteiger partial charge is 0.190 e. The minimum atomic E-state index is 0.665. The predicted molar refractivity (Wildman–Crippen MR) is 61.0 cm³/mol. The third-order valence-corrected chi connectivity index (χ3v) is 3.24. The Labute approximate surface area is 97.9 Å². The van der Waals surface area contributed by atoms with Crippen molar-refractivity contribution < 1.29 is 0 Å². The van der Waals surface area contributed by atoms with Gasteiger partial charge < -0.3 is 0 Å². The van der Waals surface area contributed by atoms with Crippen LogP contribution in [0.2, 0.25) is 0 Å². The molecule has 2 aromatic rings. The van der Waals surface area contributed by atoms with Crippen LogP contribution in [0.25, 0.3) is 0 Å². The maximum absolute atomic E-state index is 9.00. The molecule has 4 nitrogen and oxygen atoms in total. The Morgan fingerprint density at radius 1 is 1.44 bits per heavy atom. The summed E-state index contributed by atoms with van der Waals surface area (Å²) in [6.07, 6.45) is 1.50. The zero-order valence-electron chi connectivity index (χ0n) is 9.01. The van der Waals surface area contributed by atoms with Crippen LogP contribution in [0.5, 0.6) is 0 Å². The number of rotatable bonds is 2. The van der Waals surface area contributed by atoms with Gasteiger partial charge in [0.15, 0.2) is 5.16 Å². The lowest BCUT2D eigenvalue weighted by molar-refractivity contribution is 0.685. The van der Waals surface area contributed by atoms with E-state index in [0.29, 0.717) is 5.56 Å². The Bertz CT molecular complexity index is 553. The van der Waals surface area contributed by atoms with Crippen molar-refractivity contribution in [2.45, 2.75) is 17.0 Å². The minimum Gasteiger partial charge on any atom is -0.244 e. The van der Waals surface area contributed by atoms with Crippen molar-refractivity contribution in [1.29, 1.82) is 5.26 Å². The van der Waals surface area contributed by atoms with Gasteiger partial charge in [0.25, 0.3) is 0 Å². The largest absolute Gasteiger partial charge is 0.244 e. The molecule has 5 heteroatoms. The van der Waals surface area contributed by atoms with Gasteiger partial charge in [0.2, 0.25) is 0 Å². The zero-order chi connectivity index (χ0) is 11.5. The van der Waals surface area contributed by atoms with Crippen LogP contribution in [0.15, 0.2) is 34.6 Å². The lowest BCUT2D eigenvalue weighted by atomic mass is 10.2. The van der Waals surface area contributed by atoms with Crippen LogP contribution in [-0.4, -0.2) is 14.8 Å². The SMILES string of the molecule is Cc1ccc(C#N)c(Sc2ncnn2C)c1. The first-order chi connectivity index (χ1) is 7.70. The van der Waals surface area contributed by atoms with Crippen molar-refractivity contribution in [2.75, 3.05) is 0 Å². The van der Waals surface area contributed by atoms with Crippen LogP contribution >= 0.6 is 11.8 Å². The molecule has 1 aromatic carbocycles. The fourth-order valence-corrected chi connectivity index (χ4v) is 2.23. The van der Waals surface area contributed by atoms with Crippen LogP contribution in [0.1, 0.15) is 11.1 Å². The molecule has 0 atom stereocenters. The number of hydrogen-bond donors (Lipinski definition) is 0. The second kappa shape index (κ2) is 4.37. The van der Waals surface area contributed by atoms with Gasteiger partial charge in [0.1, 0.15) is 12.4 Å². The summed E-state index contributed by atoms with van der Waals surface area (Å²) in [5, 5.41) is 13.8. The number of nitriles is 1. The van der Waals surface area contributed by atoms with E-state index in [1.165, 1.54) is 18.1 Å². The van der Waals surface area contributed by atoms with Gasteiger partial charge in [-0.1, -0.05) is 6.07 Å². The van der Waals surface area contributed by atoms with Crippen molar-refractivity contribution in [1.82, 2.24) is 14.8 Å². The molecule has 0 aliphatic carbocycles. The monoisotopic (exact) mass is 230 g/mol. The van der Waals surface area contributed by atoms with Gasteiger partial charge in [-0.3, -0.25) is 0 Å². The molecule has 1 heterocycles. The number of aryl methyl sites for hydroxylation is 2. The fourth-order valence-electron chi connectivity index (χ4n) is 1.28. The van der Waals surface area contributed by atoms with Gasteiger partial charge >= 0.3 is 0 Å². The quantitative estimate of drug-likeness (QED) is 0.793.